The molecule has 0 aliphatic heterocycles. The Kier molecular flexibility index (Phi) is 6.52. The van der Waals surface area contributed by atoms with Gasteiger partial charge >= 0.3 is 5.97 Å². The zero-order chi connectivity index (χ0) is 17.4. The summed E-state index contributed by atoms with van der Waals surface area (Å²) in [6.45, 7) is 2.16. The summed E-state index contributed by atoms with van der Waals surface area (Å²) in [6, 6.07) is 15.2. The third-order valence-corrected chi connectivity index (χ3v) is 4.66. The molecule has 6 heteroatoms. The van der Waals surface area contributed by atoms with Crippen molar-refractivity contribution in [3.05, 3.63) is 65.7 Å². The molecule has 0 radical (unpaired) electrons. The van der Waals surface area contributed by atoms with E-state index in [0.717, 1.165) is 5.56 Å². The highest BCUT2D eigenvalue weighted by molar-refractivity contribution is 7.86. The van der Waals surface area contributed by atoms with Gasteiger partial charge < -0.3 is 4.74 Å². The van der Waals surface area contributed by atoms with Crippen LogP contribution < -0.4 is 0 Å². The van der Waals surface area contributed by atoms with Crippen molar-refractivity contribution in [3.63, 3.8) is 0 Å². The average Bonchev–Trinajstić information content (AvgIpc) is 2.59. The summed E-state index contributed by atoms with van der Waals surface area (Å²) in [5.74, 6) is -0.385. The van der Waals surface area contributed by atoms with Gasteiger partial charge in [0, 0.05) is 0 Å². The summed E-state index contributed by atoms with van der Waals surface area (Å²) in [5.41, 5.74) is 1.48. The van der Waals surface area contributed by atoms with Gasteiger partial charge in [-0.25, -0.2) is 4.79 Å². The van der Waals surface area contributed by atoms with Crippen molar-refractivity contribution in [1.82, 2.24) is 0 Å². The molecule has 0 saturated carbocycles. The standard InChI is InChI=1S/C18H20O5S/c1-15-9-11-17(12-10-15)24(20,21)23-14-6-5-13-22-18(19)16-7-3-2-4-8-16/h2-4,7-12H,5-6,13-14H2,1H3. The van der Waals surface area contributed by atoms with E-state index < -0.39 is 10.1 Å². The SMILES string of the molecule is Cc1ccc(S(=O)(=O)OCCCCOC(=O)c2ccccc2)cc1. The van der Waals surface area contributed by atoms with Crippen LogP contribution in [0.3, 0.4) is 0 Å². The van der Waals surface area contributed by atoms with Crippen LogP contribution in [0.25, 0.3) is 0 Å². The minimum absolute atomic E-state index is 0.0547. The number of esters is 1. The van der Waals surface area contributed by atoms with Crippen molar-refractivity contribution in [2.75, 3.05) is 13.2 Å². The fourth-order valence-electron chi connectivity index (χ4n) is 1.97. The molecule has 2 rings (SSSR count). The van der Waals surface area contributed by atoms with Gasteiger partial charge in [0.25, 0.3) is 10.1 Å². The van der Waals surface area contributed by atoms with Crippen LogP contribution in [0.15, 0.2) is 59.5 Å². The van der Waals surface area contributed by atoms with E-state index in [1.165, 1.54) is 12.1 Å². The highest BCUT2D eigenvalue weighted by Gasteiger charge is 2.14. The van der Waals surface area contributed by atoms with E-state index in [-0.39, 0.29) is 24.1 Å². The molecule has 0 fully saturated rings. The Morgan fingerprint density at radius 1 is 0.917 bits per heavy atom. The molecular formula is C18H20O5S. The quantitative estimate of drug-likeness (QED) is 0.416. The van der Waals surface area contributed by atoms with E-state index >= 15 is 0 Å². The summed E-state index contributed by atoms with van der Waals surface area (Å²) in [4.78, 5) is 11.8. The maximum Gasteiger partial charge on any atom is 0.338 e. The number of aryl methyl sites for hydroxylation is 1. The number of carbonyl (C=O) groups excluding carboxylic acids is 1. The number of ether oxygens (including phenoxy) is 1. The van der Waals surface area contributed by atoms with Crippen LogP contribution in [0.1, 0.15) is 28.8 Å². The Bertz CT molecular complexity index is 752. The molecule has 0 aliphatic carbocycles. The fraction of sp³-hybridized carbons (Fsp3) is 0.278. The lowest BCUT2D eigenvalue weighted by molar-refractivity contribution is 0.0494. The second-order valence-electron chi connectivity index (χ2n) is 5.30. The molecule has 24 heavy (non-hydrogen) atoms. The highest BCUT2D eigenvalue weighted by atomic mass is 32.2. The summed E-state index contributed by atoms with van der Waals surface area (Å²) in [7, 11) is -3.73. The Hall–Kier alpha value is -2.18. The molecule has 2 aromatic rings. The van der Waals surface area contributed by atoms with Crippen molar-refractivity contribution >= 4 is 16.1 Å². The predicted molar refractivity (Wildman–Crippen MR) is 90.3 cm³/mol. The topological polar surface area (TPSA) is 69.7 Å². The Morgan fingerprint density at radius 2 is 1.54 bits per heavy atom. The molecule has 0 saturated heterocycles. The summed E-state index contributed by atoms with van der Waals surface area (Å²) >= 11 is 0. The van der Waals surface area contributed by atoms with E-state index in [2.05, 4.69) is 0 Å². The zero-order valence-electron chi connectivity index (χ0n) is 13.5. The Balaban J connectivity index is 1.68. The largest absolute Gasteiger partial charge is 0.462 e. The average molecular weight is 348 g/mol. The lowest BCUT2D eigenvalue weighted by atomic mass is 10.2. The minimum Gasteiger partial charge on any atom is -0.462 e. The third-order valence-electron chi connectivity index (χ3n) is 3.33. The van der Waals surface area contributed by atoms with Crippen LogP contribution >= 0.6 is 0 Å². The van der Waals surface area contributed by atoms with Gasteiger partial charge in [-0.2, -0.15) is 8.42 Å². The van der Waals surface area contributed by atoms with Gasteiger partial charge in [-0.3, -0.25) is 4.18 Å². The molecule has 0 amide bonds. The van der Waals surface area contributed by atoms with Gasteiger partial charge in [0.2, 0.25) is 0 Å². The molecule has 0 aliphatic rings. The first kappa shape index (κ1) is 18.2. The van der Waals surface area contributed by atoms with Gasteiger partial charge in [0.1, 0.15) is 0 Å². The number of hydrogen-bond acceptors (Lipinski definition) is 5. The van der Waals surface area contributed by atoms with Crippen molar-refractivity contribution in [2.45, 2.75) is 24.7 Å². The van der Waals surface area contributed by atoms with Crippen LogP contribution in [0.2, 0.25) is 0 Å². The summed E-state index contributed by atoms with van der Waals surface area (Å²) in [5, 5.41) is 0. The third kappa shape index (κ3) is 5.47. The number of hydrogen-bond donors (Lipinski definition) is 0. The Labute approximate surface area is 142 Å². The van der Waals surface area contributed by atoms with E-state index in [1.807, 2.05) is 13.0 Å². The fourth-order valence-corrected chi connectivity index (χ4v) is 2.91. The first-order valence-electron chi connectivity index (χ1n) is 7.67. The van der Waals surface area contributed by atoms with E-state index in [0.29, 0.717) is 18.4 Å². The van der Waals surface area contributed by atoms with Crippen LogP contribution in [-0.2, 0) is 19.0 Å². The number of rotatable bonds is 8. The molecule has 0 unspecified atom stereocenters. The van der Waals surface area contributed by atoms with Crippen LogP contribution in [0.4, 0.5) is 0 Å². The minimum atomic E-state index is -3.73. The van der Waals surface area contributed by atoms with E-state index in [4.69, 9.17) is 8.92 Å². The van der Waals surface area contributed by atoms with Crippen molar-refractivity contribution < 1.29 is 22.1 Å². The van der Waals surface area contributed by atoms with Crippen molar-refractivity contribution in [3.8, 4) is 0 Å². The first-order chi connectivity index (χ1) is 11.5. The zero-order valence-corrected chi connectivity index (χ0v) is 14.3. The number of benzene rings is 2. The van der Waals surface area contributed by atoms with Crippen molar-refractivity contribution in [1.29, 1.82) is 0 Å². The van der Waals surface area contributed by atoms with E-state index in [1.54, 1.807) is 36.4 Å². The highest BCUT2D eigenvalue weighted by Crippen LogP contribution is 2.13. The normalized spacial score (nSPS) is 11.2. The molecule has 5 nitrogen and oxygen atoms in total. The smallest absolute Gasteiger partial charge is 0.338 e. The lowest BCUT2D eigenvalue weighted by Gasteiger charge is -2.07. The number of unbranched alkanes of at least 4 members (excludes halogenated alkanes) is 1. The molecule has 128 valence electrons. The van der Waals surface area contributed by atoms with Gasteiger partial charge in [-0.15, -0.1) is 0 Å². The maximum absolute atomic E-state index is 12.0. The molecule has 2 aromatic carbocycles. The summed E-state index contributed by atoms with van der Waals surface area (Å²) in [6.07, 6.45) is 1.01. The predicted octanol–water partition coefficient (Wildman–Crippen LogP) is 3.34. The molecule has 0 aromatic heterocycles. The monoisotopic (exact) mass is 348 g/mol. The molecule has 0 heterocycles. The second-order valence-corrected chi connectivity index (χ2v) is 6.91. The van der Waals surface area contributed by atoms with Gasteiger partial charge in [0.15, 0.2) is 0 Å². The summed E-state index contributed by atoms with van der Waals surface area (Å²) < 4.78 is 34.0. The maximum atomic E-state index is 12.0. The second kappa shape index (κ2) is 8.61. The van der Waals surface area contributed by atoms with Gasteiger partial charge in [-0.05, 0) is 44.0 Å². The van der Waals surface area contributed by atoms with Crippen LogP contribution in [0.5, 0.6) is 0 Å². The van der Waals surface area contributed by atoms with Gasteiger partial charge in [0.05, 0.1) is 23.7 Å². The molecule has 0 atom stereocenters. The molecular weight excluding hydrogens is 328 g/mol. The molecule has 0 spiro atoms. The first-order valence-corrected chi connectivity index (χ1v) is 9.08. The lowest BCUT2D eigenvalue weighted by Crippen LogP contribution is -2.10. The van der Waals surface area contributed by atoms with Crippen LogP contribution in [-0.4, -0.2) is 27.6 Å². The van der Waals surface area contributed by atoms with Crippen molar-refractivity contribution in [2.24, 2.45) is 0 Å². The van der Waals surface area contributed by atoms with Gasteiger partial charge in [-0.1, -0.05) is 35.9 Å². The van der Waals surface area contributed by atoms with Crippen LogP contribution in [0, 0.1) is 6.92 Å². The molecule has 0 N–H and O–H groups in total. The molecule has 0 bridgehead atoms. The van der Waals surface area contributed by atoms with E-state index in [9.17, 15) is 13.2 Å². The number of carbonyl (C=O) groups is 1. The Morgan fingerprint density at radius 3 is 2.21 bits per heavy atom.